The van der Waals surface area contributed by atoms with Gasteiger partial charge >= 0.3 is 6.85 Å². The molecule has 2 aliphatic heterocycles. The molecule has 0 amide bonds. The molecule has 4 heteroatoms. The smallest absolute Gasteiger partial charge is 0.334 e. The lowest BCUT2D eigenvalue weighted by Gasteiger charge is -2.44. The van der Waals surface area contributed by atoms with E-state index in [1.165, 1.54) is 65.5 Å². The molecule has 0 atom stereocenters. The lowest BCUT2D eigenvalue weighted by molar-refractivity contribution is 1.28. The number of hydrogen-bond acceptors (Lipinski definition) is 3. The molecule has 37 heavy (non-hydrogen) atoms. The van der Waals surface area contributed by atoms with Gasteiger partial charge in [-0.05, 0) is 76.8 Å². The Kier molecular flexibility index (Phi) is 4.43. The summed E-state index contributed by atoms with van der Waals surface area (Å²) in [6, 6.07) is 44.3. The maximum absolute atomic E-state index is 2.57. The fourth-order valence-electron chi connectivity index (χ4n) is 6.23. The van der Waals surface area contributed by atoms with Crippen LogP contribution in [0.2, 0.25) is 0 Å². The summed E-state index contributed by atoms with van der Waals surface area (Å²) in [5.41, 5.74) is 11.6. The van der Waals surface area contributed by atoms with Crippen LogP contribution in [0.15, 0.2) is 121 Å². The van der Waals surface area contributed by atoms with E-state index in [9.17, 15) is 0 Å². The van der Waals surface area contributed by atoms with Gasteiger partial charge in [0.15, 0.2) is 0 Å². The van der Waals surface area contributed by atoms with Gasteiger partial charge in [0, 0.05) is 33.0 Å². The van der Waals surface area contributed by atoms with Crippen LogP contribution in [0.3, 0.4) is 0 Å². The average Bonchev–Trinajstić information content (AvgIpc) is 3.33. The second-order valence-corrected chi connectivity index (χ2v) is 10.9. The van der Waals surface area contributed by atoms with Crippen LogP contribution in [0, 0.1) is 6.92 Å². The van der Waals surface area contributed by atoms with Crippen molar-refractivity contribution in [1.82, 2.24) is 0 Å². The van der Waals surface area contributed by atoms with Crippen LogP contribution in [0.1, 0.15) is 5.56 Å². The molecule has 5 aromatic carbocycles. The van der Waals surface area contributed by atoms with Gasteiger partial charge < -0.3 is 9.71 Å². The predicted octanol–water partition coefficient (Wildman–Crippen LogP) is 7.92. The Morgan fingerprint density at radius 3 is 2.08 bits per heavy atom. The number of thiophene rings is 1. The Bertz CT molecular complexity index is 1810. The zero-order valence-electron chi connectivity index (χ0n) is 20.4. The summed E-state index contributed by atoms with van der Waals surface area (Å²) >= 11 is 1.90. The summed E-state index contributed by atoms with van der Waals surface area (Å²) < 4.78 is 1.33. The monoisotopic (exact) mass is 490 g/mol. The minimum absolute atomic E-state index is 0.0778. The van der Waals surface area contributed by atoms with Crippen molar-refractivity contribution in [2.24, 2.45) is 0 Å². The number of fused-ring (bicyclic) bond motifs is 6. The molecule has 0 aliphatic carbocycles. The van der Waals surface area contributed by atoms with E-state index in [4.69, 9.17) is 0 Å². The predicted molar refractivity (Wildman–Crippen MR) is 160 cm³/mol. The third-order valence-corrected chi connectivity index (χ3v) is 8.84. The Morgan fingerprint density at radius 1 is 0.595 bits per heavy atom. The molecule has 0 spiro atoms. The highest BCUT2D eigenvalue weighted by Crippen LogP contribution is 2.49. The zero-order chi connectivity index (χ0) is 24.5. The molecule has 174 valence electrons. The van der Waals surface area contributed by atoms with Crippen LogP contribution in [0.25, 0.3) is 21.2 Å². The van der Waals surface area contributed by atoms with E-state index in [1.54, 1.807) is 0 Å². The highest BCUT2D eigenvalue weighted by atomic mass is 32.1. The first-order chi connectivity index (χ1) is 18.3. The molecule has 2 aliphatic rings. The van der Waals surface area contributed by atoms with Gasteiger partial charge in [-0.1, -0.05) is 78.9 Å². The van der Waals surface area contributed by atoms with Crippen LogP contribution in [-0.2, 0) is 0 Å². The standard InChI is InChI=1S/C33H23BN2S/c1-22-20-27-25-16-8-10-18-28(25)36(24-14-6-3-7-15-24)34-31(27)29(21-22)35(23-12-4-2-5-13-23)33-32(34)26-17-9-11-19-30(26)37-33/h2-21H,1H3. The molecule has 2 nitrogen and oxygen atoms in total. The fraction of sp³-hybridized carbons (Fsp3) is 0.0303. The topological polar surface area (TPSA) is 6.48 Å². The lowest BCUT2D eigenvalue weighted by atomic mass is 9.43. The van der Waals surface area contributed by atoms with Crippen molar-refractivity contribution in [1.29, 1.82) is 0 Å². The van der Waals surface area contributed by atoms with Crippen LogP contribution >= 0.6 is 11.3 Å². The van der Waals surface area contributed by atoms with E-state index >= 15 is 0 Å². The van der Waals surface area contributed by atoms with Gasteiger partial charge in [-0.2, -0.15) is 0 Å². The van der Waals surface area contributed by atoms with Crippen molar-refractivity contribution in [2.45, 2.75) is 6.92 Å². The van der Waals surface area contributed by atoms with Crippen LogP contribution < -0.4 is 20.6 Å². The number of benzene rings is 5. The van der Waals surface area contributed by atoms with E-state index in [-0.39, 0.29) is 6.85 Å². The first-order valence-electron chi connectivity index (χ1n) is 12.7. The Balaban J connectivity index is 1.55. The highest BCUT2D eigenvalue weighted by Gasteiger charge is 2.46. The second kappa shape index (κ2) is 7.86. The minimum atomic E-state index is 0.0778. The SMILES string of the molecule is Cc1cc2c3c(c1)N(c1ccccc1)c1sc4ccccc4c1B3N(c1ccccc1)c1ccccc1-2. The molecular weight excluding hydrogens is 467 g/mol. The van der Waals surface area contributed by atoms with Crippen molar-refractivity contribution < 1.29 is 0 Å². The summed E-state index contributed by atoms with van der Waals surface area (Å²) in [4.78, 5) is 5.07. The molecule has 0 fully saturated rings. The summed E-state index contributed by atoms with van der Waals surface area (Å²) in [5, 5.41) is 2.65. The minimum Gasteiger partial charge on any atom is -0.376 e. The quantitative estimate of drug-likeness (QED) is 0.228. The van der Waals surface area contributed by atoms with E-state index in [1.807, 2.05) is 11.3 Å². The molecule has 6 aromatic rings. The Morgan fingerprint density at radius 2 is 1.27 bits per heavy atom. The number of anilines is 5. The van der Waals surface area contributed by atoms with Gasteiger partial charge in [-0.3, -0.25) is 0 Å². The number of nitrogens with zero attached hydrogens (tertiary/aromatic N) is 2. The van der Waals surface area contributed by atoms with Gasteiger partial charge in [0.25, 0.3) is 0 Å². The maximum Gasteiger partial charge on any atom is 0.334 e. The lowest BCUT2D eigenvalue weighted by Crippen LogP contribution is -2.61. The summed E-state index contributed by atoms with van der Waals surface area (Å²) in [6.45, 7) is 2.30. The molecule has 0 N–H and O–H groups in total. The van der Waals surface area contributed by atoms with Gasteiger partial charge in [0.2, 0.25) is 0 Å². The summed E-state index contributed by atoms with van der Waals surface area (Å²) in [7, 11) is 0. The second-order valence-electron chi connectivity index (χ2n) is 9.86. The van der Waals surface area contributed by atoms with E-state index in [0.717, 1.165) is 0 Å². The van der Waals surface area contributed by atoms with Crippen molar-refractivity contribution in [3.8, 4) is 11.1 Å². The van der Waals surface area contributed by atoms with Crippen LogP contribution in [0.5, 0.6) is 0 Å². The molecule has 0 unspecified atom stereocenters. The first-order valence-corrected chi connectivity index (χ1v) is 13.6. The third-order valence-electron chi connectivity index (χ3n) is 7.67. The van der Waals surface area contributed by atoms with Gasteiger partial charge in [0.1, 0.15) is 0 Å². The highest BCUT2D eigenvalue weighted by molar-refractivity contribution is 7.26. The van der Waals surface area contributed by atoms with E-state index in [0.29, 0.717) is 0 Å². The van der Waals surface area contributed by atoms with Crippen molar-refractivity contribution in [2.75, 3.05) is 9.71 Å². The maximum atomic E-state index is 2.57. The van der Waals surface area contributed by atoms with Crippen molar-refractivity contribution in [3.63, 3.8) is 0 Å². The van der Waals surface area contributed by atoms with Gasteiger partial charge in [0.05, 0.1) is 5.00 Å². The normalized spacial score (nSPS) is 13.4. The Hall–Kier alpha value is -4.28. The number of aryl methyl sites for hydroxylation is 1. The van der Waals surface area contributed by atoms with Crippen LogP contribution in [-0.4, -0.2) is 6.85 Å². The number of rotatable bonds is 2. The summed E-state index contributed by atoms with van der Waals surface area (Å²) in [6.07, 6.45) is 0. The van der Waals surface area contributed by atoms with Crippen LogP contribution in [0.4, 0.5) is 27.8 Å². The fourth-order valence-corrected chi connectivity index (χ4v) is 7.50. The summed E-state index contributed by atoms with van der Waals surface area (Å²) in [5.74, 6) is 0. The van der Waals surface area contributed by atoms with Gasteiger partial charge in [-0.15, -0.1) is 11.3 Å². The zero-order valence-corrected chi connectivity index (χ0v) is 21.2. The van der Waals surface area contributed by atoms with Crippen molar-refractivity contribution in [3.05, 3.63) is 127 Å². The third kappa shape index (κ3) is 2.94. The molecular formula is C33H23BN2S. The molecule has 0 radical (unpaired) electrons. The number of hydrogen-bond donors (Lipinski definition) is 0. The molecule has 8 rings (SSSR count). The largest absolute Gasteiger partial charge is 0.376 e. The first kappa shape index (κ1) is 20.9. The average molecular weight is 490 g/mol. The van der Waals surface area contributed by atoms with Gasteiger partial charge in [-0.25, -0.2) is 0 Å². The van der Waals surface area contributed by atoms with E-state index < -0.39 is 0 Å². The number of para-hydroxylation sites is 3. The molecule has 0 saturated carbocycles. The Labute approximate surface area is 221 Å². The molecule has 3 heterocycles. The van der Waals surface area contributed by atoms with E-state index in [2.05, 4.69) is 138 Å². The molecule has 0 saturated heterocycles. The molecule has 1 aromatic heterocycles. The molecule has 0 bridgehead atoms. The van der Waals surface area contributed by atoms with Crippen molar-refractivity contribution >= 4 is 66.9 Å².